The third kappa shape index (κ3) is 2.32. The molecule has 17 heavy (non-hydrogen) atoms. The normalized spacial score (nSPS) is 20.4. The summed E-state index contributed by atoms with van der Waals surface area (Å²) in [5.41, 5.74) is 0. The molecule has 2 rings (SSSR count). The van der Waals surface area contributed by atoms with Gasteiger partial charge in [-0.1, -0.05) is 11.6 Å². The summed E-state index contributed by atoms with van der Waals surface area (Å²) in [6.07, 6.45) is 0. The van der Waals surface area contributed by atoms with Crippen LogP contribution in [0.5, 0.6) is 0 Å². The number of piperazine rings is 1. The Hall–Kier alpha value is -1.40. The molecule has 0 radical (unpaired) electrons. The number of nitrogens with one attached hydrogen (secondary N) is 1. The van der Waals surface area contributed by atoms with Crippen molar-refractivity contribution < 1.29 is 14.4 Å². The van der Waals surface area contributed by atoms with Crippen LogP contribution in [0.1, 0.15) is 16.6 Å². The largest absolute Gasteiger partial charge is 0.317 e. The first-order valence-corrected chi connectivity index (χ1v) is 6.08. The Labute approximate surface area is 106 Å². The van der Waals surface area contributed by atoms with E-state index in [0.717, 1.165) is 11.3 Å². The summed E-state index contributed by atoms with van der Waals surface area (Å²) in [5, 5.41) is 2.18. The van der Waals surface area contributed by atoms with Crippen LogP contribution in [0, 0.1) is 0 Å². The van der Waals surface area contributed by atoms with E-state index in [-0.39, 0.29) is 12.5 Å². The minimum absolute atomic E-state index is 0.110. The second kappa shape index (κ2) is 4.46. The minimum Gasteiger partial charge on any atom is -0.317 e. The maximum Gasteiger partial charge on any atom is 0.265 e. The average molecular weight is 273 g/mol. The fourth-order valence-corrected chi connectivity index (χ4v) is 2.53. The van der Waals surface area contributed by atoms with Crippen LogP contribution in [0.15, 0.2) is 12.1 Å². The Balaban J connectivity index is 2.24. The van der Waals surface area contributed by atoms with E-state index in [1.807, 2.05) is 0 Å². The van der Waals surface area contributed by atoms with Gasteiger partial charge >= 0.3 is 0 Å². The molecule has 1 saturated heterocycles. The minimum atomic E-state index is -0.652. The van der Waals surface area contributed by atoms with Crippen molar-refractivity contribution in [2.45, 2.75) is 13.0 Å². The van der Waals surface area contributed by atoms with Crippen LogP contribution >= 0.6 is 22.9 Å². The molecule has 0 aliphatic carbocycles. The molecular weight excluding hydrogens is 264 g/mol. The summed E-state index contributed by atoms with van der Waals surface area (Å²) in [7, 11) is 0. The summed E-state index contributed by atoms with van der Waals surface area (Å²) in [6, 6.07) is 2.54. The molecule has 5 nitrogen and oxygen atoms in total. The number of nitrogens with zero attached hydrogens (tertiary/aromatic N) is 1. The van der Waals surface area contributed by atoms with Gasteiger partial charge in [0.1, 0.15) is 12.6 Å². The van der Waals surface area contributed by atoms with E-state index in [4.69, 9.17) is 11.6 Å². The molecule has 1 aromatic rings. The molecule has 0 aromatic carbocycles. The van der Waals surface area contributed by atoms with Crippen LogP contribution in [0.4, 0.5) is 0 Å². The molecule has 2 heterocycles. The number of hydrogen-bond acceptors (Lipinski definition) is 4. The van der Waals surface area contributed by atoms with E-state index in [0.29, 0.717) is 9.21 Å². The highest BCUT2D eigenvalue weighted by molar-refractivity contribution is 7.18. The second-order valence-electron chi connectivity index (χ2n) is 3.63. The molecule has 1 N–H and O–H groups in total. The van der Waals surface area contributed by atoms with Crippen LogP contribution in [-0.4, -0.2) is 35.2 Å². The lowest BCUT2D eigenvalue weighted by Crippen LogP contribution is -2.58. The molecule has 3 amide bonds. The van der Waals surface area contributed by atoms with Crippen molar-refractivity contribution in [3.63, 3.8) is 0 Å². The van der Waals surface area contributed by atoms with Gasteiger partial charge in [-0.2, -0.15) is 0 Å². The number of amides is 3. The molecule has 0 spiro atoms. The molecule has 0 bridgehead atoms. The zero-order valence-electron chi connectivity index (χ0n) is 8.90. The summed E-state index contributed by atoms with van der Waals surface area (Å²) in [6.45, 7) is 1.47. The number of imide groups is 1. The molecule has 1 aromatic heterocycles. The van der Waals surface area contributed by atoms with Crippen LogP contribution in [0.2, 0.25) is 4.34 Å². The van der Waals surface area contributed by atoms with Crippen molar-refractivity contribution >= 4 is 40.7 Å². The van der Waals surface area contributed by atoms with Gasteiger partial charge in [0.15, 0.2) is 0 Å². The lowest BCUT2D eigenvalue weighted by atomic mass is 10.2. The molecule has 1 aliphatic rings. The molecule has 0 saturated carbocycles. The lowest BCUT2D eigenvalue weighted by molar-refractivity contribution is -0.138. The molecule has 7 heteroatoms. The van der Waals surface area contributed by atoms with Crippen molar-refractivity contribution in [3.8, 4) is 0 Å². The predicted molar refractivity (Wildman–Crippen MR) is 63.0 cm³/mol. The fourth-order valence-electron chi connectivity index (χ4n) is 1.53. The summed E-state index contributed by atoms with van der Waals surface area (Å²) < 4.78 is 0.494. The highest BCUT2D eigenvalue weighted by Gasteiger charge is 2.34. The first-order valence-electron chi connectivity index (χ1n) is 4.89. The number of thiophene rings is 1. The lowest BCUT2D eigenvalue weighted by Gasteiger charge is -2.31. The molecule has 1 fully saturated rings. The van der Waals surface area contributed by atoms with Crippen LogP contribution in [-0.2, 0) is 9.59 Å². The van der Waals surface area contributed by atoms with E-state index in [1.54, 1.807) is 19.1 Å². The highest BCUT2D eigenvalue weighted by Crippen LogP contribution is 2.23. The first kappa shape index (κ1) is 12.1. The number of halogens is 1. The number of carbonyl (C=O) groups is 3. The SMILES string of the molecule is CC1C(=O)NC(=O)CN1C(=O)c1ccc(Cl)s1. The van der Waals surface area contributed by atoms with Crippen molar-refractivity contribution in [1.29, 1.82) is 0 Å². The van der Waals surface area contributed by atoms with E-state index < -0.39 is 17.9 Å². The van der Waals surface area contributed by atoms with Gasteiger partial charge in [-0.25, -0.2) is 0 Å². The fraction of sp³-hybridized carbons (Fsp3) is 0.300. The Kier molecular flexibility index (Phi) is 3.17. The van der Waals surface area contributed by atoms with Gasteiger partial charge < -0.3 is 4.90 Å². The van der Waals surface area contributed by atoms with Gasteiger partial charge in [0, 0.05) is 0 Å². The van der Waals surface area contributed by atoms with Crippen LogP contribution in [0.3, 0.4) is 0 Å². The Morgan fingerprint density at radius 3 is 2.82 bits per heavy atom. The number of rotatable bonds is 1. The van der Waals surface area contributed by atoms with Gasteiger partial charge in [0.05, 0.1) is 9.21 Å². The Morgan fingerprint density at radius 2 is 2.24 bits per heavy atom. The van der Waals surface area contributed by atoms with Crippen molar-refractivity contribution in [3.05, 3.63) is 21.3 Å². The van der Waals surface area contributed by atoms with Gasteiger partial charge in [-0.05, 0) is 19.1 Å². The number of hydrogen-bond donors (Lipinski definition) is 1. The van der Waals surface area contributed by atoms with Gasteiger partial charge in [-0.3, -0.25) is 19.7 Å². The number of carbonyl (C=O) groups excluding carboxylic acids is 3. The maximum absolute atomic E-state index is 12.1. The smallest absolute Gasteiger partial charge is 0.265 e. The first-order chi connectivity index (χ1) is 7.99. The molecule has 1 unspecified atom stereocenters. The van der Waals surface area contributed by atoms with Crippen molar-refractivity contribution in [2.75, 3.05) is 6.54 Å². The zero-order chi connectivity index (χ0) is 12.6. The van der Waals surface area contributed by atoms with E-state index >= 15 is 0 Å². The van der Waals surface area contributed by atoms with Crippen LogP contribution < -0.4 is 5.32 Å². The topological polar surface area (TPSA) is 66.5 Å². The Bertz CT molecular complexity index is 499. The van der Waals surface area contributed by atoms with Crippen LogP contribution in [0.25, 0.3) is 0 Å². The third-order valence-electron chi connectivity index (χ3n) is 2.47. The average Bonchev–Trinajstić information content (AvgIpc) is 2.69. The zero-order valence-corrected chi connectivity index (χ0v) is 10.5. The van der Waals surface area contributed by atoms with Gasteiger partial charge in [-0.15, -0.1) is 11.3 Å². The molecule has 1 atom stereocenters. The Morgan fingerprint density at radius 1 is 1.53 bits per heavy atom. The molecule has 1 aliphatic heterocycles. The second-order valence-corrected chi connectivity index (χ2v) is 5.34. The summed E-state index contributed by atoms with van der Waals surface area (Å²) in [5.74, 6) is -1.28. The molecule has 90 valence electrons. The third-order valence-corrected chi connectivity index (χ3v) is 3.69. The standard InChI is InChI=1S/C10H9ClN2O3S/c1-5-9(15)12-8(14)4-13(5)10(16)6-2-3-7(11)17-6/h2-3,5H,4H2,1H3,(H,12,14,15). The summed E-state index contributed by atoms with van der Waals surface area (Å²) in [4.78, 5) is 36.3. The quantitative estimate of drug-likeness (QED) is 0.772. The molecular formula is C10H9ClN2O3S. The van der Waals surface area contributed by atoms with Crippen molar-refractivity contribution in [2.24, 2.45) is 0 Å². The van der Waals surface area contributed by atoms with Gasteiger partial charge in [0.2, 0.25) is 11.8 Å². The monoisotopic (exact) mass is 272 g/mol. The maximum atomic E-state index is 12.1. The van der Waals surface area contributed by atoms with E-state index in [9.17, 15) is 14.4 Å². The van der Waals surface area contributed by atoms with Crippen molar-refractivity contribution in [1.82, 2.24) is 10.2 Å². The van der Waals surface area contributed by atoms with E-state index in [2.05, 4.69) is 5.32 Å². The van der Waals surface area contributed by atoms with E-state index in [1.165, 1.54) is 4.90 Å². The predicted octanol–water partition coefficient (Wildman–Crippen LogP) is 0.889. The highest BCUT2D eigenvalue weighted by atomic mass is 35.5. The van der Waals surface area contributed by atoms with Gasteiger partial charge in [0.25, 0.3) is 5.91 Å². The summed E-state index contributed by atoms with van der Waals surface area (Å²) >= 11 is 6.86.